The number of benzene rings is 10. The first-order valence-electron chi connectivity index (χ1n) is 25.5. The van der Waals surface area contributed by atoms with Crippen LogP contribution < -0.4 is 7.74 Å². The van der Waals surface area contributed by atoms with Gasteiger partial charge in [0.2, 0.25) is 0 Å². The van der Waals surface area contributed by atoms with Crippen LogP contribution in [0.5, 0.6) is 0 Å². The monoisotopic (exact) mass is 1010 g/mol. The molecule has 0 aromatic heterocycles. The molecule has 0 heterocycles. The molecule has 10 aromatic rings. The van der Waals surface area contributed by atoms with Crippen LogP contribution in [0.3, 0.4) is 0 Å². The Balaban J connectivity index is 1.27. The fourth-order valence-corrected chi connectivity index (χ4v) is 30.2. The minimum atomic E-state index is -6.63. The van der Waals surface area contributed by atoms with Gasteiger partial charge in [-0.3, -0.25) is 0 Å². The maximum absolute atomic E-state index is 17.7. The Hall–Kier alpha value is -7.93. The first kappa shape index (κ1) is 47.1. The van der Waals surface area contributed by atoms with Crippen molar-refractivity contribution in [2.24, 2.45) is 0 Å². The van der Waals surface area contributed by atoms with Crippen molar-refractivity contribution in [1.29, 1.82) is 0 Å². The molecule has 12 rings (SSSR count). The Labute approximate surface area is 435 Å². The van der Waals surface area contributed by atoms with Crippen LogP contribution in [-0.4, -0.2) is 18.1 Å². The van der Waals surface area contributed by atoms with E-state index >= 15 is 9.59 Å². The predicted octanol–water partition coefficient (Wildman–Crippen LogP) is 13.7. The van der Waals surface area contributed by atoms with Crippen molar-refractivity contribution in [3.05, 3.63) is 323 Å². The van der Waals surface area contributed by atoms with E-state index in [1.807, 2.05) is 182 Å². The topological polar surface area (TPSA) is 52.6 Å². The Bertz CT molecular complexity index is 3380. The third-order valence-corrected chi connectivity index (χ3v) is 35.7. The zero-order chi connectivity index (χ0) is 50.4. The van der Waals surface area contributed by atoms with Gasteiger partial charge in [0, 0.05) is 0 Å². The predicted molar refractivity (Wildman–Crippen MR) is 297 cm³/mol. The van der Waals surface area contributed by atoms with E-state index in [1.54, 1.807) is 0 Å². The second-order valence-electron chi connectivity index (χ2n) is 19.9. The number of hydrogen-bond acceptors (Lipinski definition) is 4. The molecule has 0 saturated heterocycles. The molecule has 358 valence electrons. The van der Waals surface area contributed by atoms with Crippen molar-refractivity contribution in [3.8, 4) is 22.3 Å². The van der Waals surface area contributed by atoms with E-state index in [1.165, 1.54) is 11.1 Å². The summed E-state index contributed by atoms with van der Waals surface area (Å²) in [6, 6.07) is 90.0. The van der Waals surface area contributed by atoms with Gasteiger partial charge >= 0.3 is 438 Å². The molecule has 0 amide bonds. The van der Waals surface area contributed by atoms with E-state index in [-0.39, 0.29) is 0 Å². The van der Waals surface area contributed by atoms with Crippen LogP contribution in [0, 0.1) is 0 Å². The van der Waals surface area contributed by atoms with Gasteiger partial charge in [-0.1, -0.05) is 0 Å². The fourth-order valence-electron chi connectivity index (χ4n) is 12.6. The van der Waals surface area contributed by atoms with Gasteiger partial charge in [-0.15, -0.1) is 0 Å². The summed E-state index contributed by atoms with van der Waals surface area (Å²) in [5, 5.41) is 0. The first-order valence-corrected chi connectivity index (χ1v) is 33.2. The van der Waals surface area contributed by atoms with Crippen LogP contribution in [0.1, 0.15) is 55.6 Å². The van der Waals surface area contributed by atoms with Crippen molar-refractivity contribution in [3.63, 3.8) is 0 Å². The number of carbonyl (C=O) groups is 2. The zero-order valence-electron chi connectivity index (χ0n) is 41.5. The molecule has 2 aliphatic carbocycles. The molecule has 0 radical (unpaired) electrons. The SMILES string of the molecule is C[Si](C)=[Ti]([O]C(=O)C(c1ccccc1)(c1ccccc1)c1ccccc1)([O]C(=O)C(c1ccccc1)(c1ccccc1)c1ccccc1)([c]1cccc2c1Cc1ccccc1-2)[c]1cccc2c1Cc1ccccc1-2. The third kappa shape index (κ3) is 7.05. The second-order valence-corrected chi connectivity index (χ2v) is 36.0. The normalized spacial score (nSPS) is 12.7. The van der Waals surface area contributed by atoms with Crippen LogP contribution >= 0.6 is 0 Å². The van der Waals surface area contributed by atoms with Gasteiger partial charge in [-0.05, 0) is 0 Å². The van der Waals surface area contributed by atoms with E-state index in [4.69, 9.17) is 6.64 Å². The van der Waals surface area contributed by atoms with Gasteiger partial charge in [0.05, 0.1) is 0 Å². The van der Waals surface area contributed by atoms with Crippen LogP contribution in [-0.2, 0) is 54.7 Å². The summed E-state index contributed by atoms with van der Waals surface area (Å²) in [5.74, 6) is -0.994. The van der Waals surface area contributed by atoms with Crippen molar-refractivity contribution in [2.75, 3.05) is 0 Å². The summed E-state index contributed by atoms with van der Waals surface area (Å²) < 4.78 is 18.6. The maximum atomic E-state index is 17.7. The van der Waals surface area contributed by atoms with Gasteiger partial charge in [0.1, 0.15) is 0 Å². The number of fused-ring (bicyclic) bond motifs is 6. The minimum absolute atomic E-state index is 0.497. The number of rotatable bonds is 12. The zero-order valence-corrected chi connectivity index (χ0v) is 44.0. The molecule has 0 N–H and O–H groups in total. The molecule has 2 aliphatic rings. The summed E-state index contributed by atoms with van der Waals surface area (Å²) in [7, 11) is 0. The van der Waals surface area contributed by atoms with Gasteiger partial charge < -0.3 is 0 Å². The molecule has 10 aromatic carbocycles. The van der Waals surface area contributed by atoms with E-state index < -0.39 is 43.8 Å². The number of carbonyl (C=O) groups excluding carboxylic acids is 2. The quantitative estimate of drug-likeness (QED) is 0.0904. The van der Waals surface area contributed by atoms with Crippen LogP contribution in [0.2, 0.25) is 13.1 Å². The molecule has 0 saturated carbocycles. The van der Waals surface area contributed by atoms with Crippen LogP contribution in [0.25, 0.3) is 22.3 Å². The molecule has 0 spiro atoms. The Morgan fingerprint density at radius 2 is 0.595 bits per heavy atom. The van der Waals surface area contributed by atoms with Crippen molar-refractivity contribution in [1.82, 2.24) is 0 Å². The third-order valence-electron chi connectivity index (χ3n) is 16.0. The van der Waals surface area contributed by atoms with Crippen LogP contribution in [0.15, 0.2) is 267 Å². The van der Waals surface area contributed by atoms with Gasteiger partial charge in [0.15, 0.2) is 0 Å². The van der Waals surface area contributed by atoms with E-state index in [0.717, 1.165) is 74.5 Å². The fraction of sp³-hybridized carbons (Fsp3) is 0.0882. The average Bonchev–Trinajstić information content (AvgIpc) is 4.07. The number of hydrogen-bond donors (Lipinski definition) is 0. The summed E-state index contributed by atoms with van der Waals surface area (Å²) in [4.78, 5) is 35.3. The molecule has 0 fully saturated rings. The van der Waals surface area contributed by atoms with Crippen molar-refractivity contribution in [2.45, 2.75) is 36.8 Å². The molecule has 6 heteroatoms. The Morgan fingerprint density at radius 3 is 0.878 bits per heavy atom. The van der Waals surface area contributed by atoms with Crippen LogP contribution in [0.4, 0.5) is 0 Å². The summed E-state index contributed by atoms with van der Waals surface area (Å²) >= 11 is -6.63. The summed E-state index contributed by atoms with van der Waals surface area (Å²) in [5.41, 5.74) is 10.1. The average molecular weight is 1010 g/mol. The molecular formula is C68H54O4SiTi. The van der Waals surface area contributed by atoms with Crippen molar-refractivity contribution < 1.29 is 31.0 Å². The van der Waals surface area contributed by atoms with E-state index in [9.17, 15) is 0 Å². The standard InChI is InChI=1S/2C20H16O2.2C13H9.C2H6Si.Ti/c2*21-19(22)20(16-10-4-1-5-11-16,17-12-6-2-7-13-17)18-14-8-3-9-15-18;2*1-3-7-12-10(5-1)9-11-6-2-4-8-13(11)12;1-3-2;/h2*1-15H,(H,21,22);2*1-5,7-8H,9H2;1-2H3;/q;;;;;+2/p-2. The Kier molecular flexibility index (Phi) is 12.0. The molecule has 4 nitrogen and oxygen atoms in total. The second kappa shape index (κ2) is 18.8. The summed E-state index contributed by atoms with van der Waals surface area (Å²) in [6.45, 7) is 4.46. The molecular weight excluding hydrogens is 957 g/mol. The van der Waals surface area contributed by atoms with Gasteiger partial charge in [-0.2, -0.15) is 0 Å². The van der Waals surface area contributed by atoms with Gasteiger partial charge in [-0.25, -0.2) is 0 Å². The molecule has 0 aliphatic heterocycles. The van der Waals surface area contributed by atoms with E-state index in [0.29, 0.717) is 12.8 Å². The first-order chi connectivity index (χ1) is 36.3. The molecule has 0 bridgehead atoms. The molecule has 74 heavy (non-hydrogen) atoms. The van der Waals surface area contributed by atoms with E-state index in [2.05, 4.69) is 98.0 Å². The molecule has 0 unspecified atom stereocenters. The van der Waals surface area contributed by atoms with Crippen molar-refractivity contribution >= 4 is 25.9 Å². The summed E-state index contributed by atoms with van der Waals surface area (Å²) in [6.07, 6.45) is -1.06. The molecule has 0 atom stereocenters. The van der Waals surface area contributed by atoms with Gasteiger partial charge in [0.25, 0.3) is 0 Å². The Morgan fingerprint density at radius 1 is 0.338 bits per heavy atom.